The second-order valence-electron chi connectivity index (χ2n) is 5.60. The molecule has 1 N–H and O–H groups in total. The lowest BCUT2D eigenvalue weighted by atomic mass is 9.88. The molecule has 4 nitrogen and oxygen atoms in total. The average molecular weight is 345 g/mol. The van der Waals surface area contributed by atoms with E-state index in [2.05, 4.69) is 30.8 Å². The lowest BCUT2D eigenvalue weighted by Gasteiger charge is -2.37. The van der Waals surface area contributed by atoms with Crippen molar-refractivity contribution in [3.05, 3.63) is 24.0 Å². The van der Waals surface area contributed by atoms with Crippen molar-refractivity contribution in [2.75, 3.05) is 6.61 Å². The molecule has 0 spiro atoms. The smallest absolute Gasteiger partial charge is 0.236 e. The molecule has 1 aromatic carbocycles. The molecule has 0 aromatic heterocycles. The van der Waals surface area contributed by atoms with Crippen LogP contribution < -0.4 is 14.8 Å². The van der Waals surface area contributed by atoms with E-state index in [9.17, 15) is 9.18 Å². The number of hydrogen-bond acceptors (Lipinski definition) is 6. The largest absolute Gasteiger partial charge is 0.490 e. The van der Waals surface area contributed by atoms with Gasteiger partial charge in [-0.25, -0.2) is 4.39 Å². The van der Waals surface area contributed by atoms with Gasteiger partial charge >= 0.3 is 0 Å². The van der Waals surface area contributed by atoms with E-state index in [-0.39, 0.29) is 23.6 Å². The van der Waals surface area contributed by atoms with Gasteiger partial charge in [0.25, 0.3) is 0 Å². The minimum absolute atomic E-state index is 0.0838. The van der Waals surface area contributed by atoms with Crippen LogP contribution in [0.5, 0.6) is 11.5 Å². The average Bonchev–Trinajstić information content (AvgIpc) is 2.41. The van der Waals surface area contributed by atoms with Gasteiger partial charge in [-0.1, -0.05) is 13.8 Å². The van der Waals surface area contributed by atoms with E-state index in [0.29, 0.717) is 17.8 Å². The number of halogens is 1. The molecule has 1 aromatic rings. The van der Waals surface area contributed by atoms with E-state index < -0.39 is 5.82 Å². The number of carbonyl (C=O) groups is 1. The van der Waals surface area contributed by atoms with Crippen molar-refractivity contribution in [3.8, 4) is 11.5 Å². The van der Waals surface area contributed by atoms with Crippen molar-refractivity contribution in [1.29, 1.82) is 0 Å². The van der Waals surface area contributed by atoms with Gasteiger partial charge in [-0.2, -0.15) is 0 Å². The van der Waals surface area contributed by atoms with Gasteiger partial charge in [-0.15, -0.1) is 11.7 Å². The molecule has 1 fully saturated rings. The summed E-state index contributed by atoms with van der Waals surface area (Å²) in [5, 5.41) is 3.19. The maximum atomic E-state index is 13.6. The Bertz CT molecular complexity index is 522. The van der Waals surface area contributed by atoms with Crippen LogP contribution >= 0.6 is 22.5 Å². The summed E-state index contributed by atoms with van der Waals surface area (Å²) in [6, 6.07) is 5.06. The highest BCUT2D eigenvalue weighted by Crippen LogP contribution is 2.29. The van der Waals surface area contributed by atoms with Crippen LogP contribution in [-0.2, 0) is 4.79 Å². The number of ether oxygens (including phenoxy) is 2. The SMILES string of the molecule is CC(C)N[C@H]1C[C@@H](Oc2cc(F)cc(OCC(=O)SS)c2)C1. The van der Waals surface area contributed by atoms with Crippen molar-refractivity contribution in [3.63, 3.8) is 0 Å². The Hall–Kier alpha value is -0.920. The molecule has 1 aliphatic rings. The first-order valence-corrected chi connectivity index (χ1v) is 9.03. The molecule has 0 amide bonds. The first-order chi connectivity index (χ1) is 10.5. The predicted molar refractivity (Wildman–Crippen MR) is 89.2 cm³/mol. The normalized spacial score (nSPS) is 20.6. The third kappa shape index (κ3) is 5.37. The van der Waals surface area contributed by atoms with Gasteiger partial charge < -0.3 is 14.8 Å². The zero-order chi connectivity index (χ0) is 16.1. The van der Waals surface area contributed by atoms with E-state index in [4.69, 9.17) is 9.47 Å². The topological polar surface area (TPSA) is 47.6 Å². The number of thiol groups is 1. The van der Waals surface area contributed by atoms with E-state index in [1.54, 1.807) is 6.07 Å². The molecule has 1 saturated carbocycles. The van der Waals surface area contributed by atoms with Gasteiger partial charge in [0, 0.05) is 30.3 Å². The summed E-state index contributed by atoms with van der Waals surface area (Å²) >= 11 is 3.78. The molecule has 0 heterocycles. The summed E-state index contributed by atoms with van der Waals surface area (Å²) in [5.41, 5.74) is 0. The van der Waals surface area contributed by atoms with Crippen LogP contribution in [0.4, 0.5) is 4.39 Å². The predicted octanol–water partition coefficient (Wildman–Crippen LogP) is 3.22. The van der Waals surface area contributed by atoms with E-state index in [1.165, 1.54) is 12.1 Å². The molecule has 0 unspecified atom stereocenters. The van der Waals surface area contributed by atoms with E-state index in [0.717, 1.165) is 23.6 Å². The van der Waals surface area contributed by atoms with Gasteiger partial charge in [-0.05, 0) is 23.6 Å². The van der Waals surface area contributed by atoms with Crippen molar-refractivity contribution >= 4 is 27.6 Å². The molecule has 7 heteroatoms. The molecular weight excluding hydrogens is 325 g/mol. The first kappa shape index (κ1) is 17.4. The summed E-state index contributed by atoms with van der Waals surface area (Å²) in [6.45, 7) is 4.06. The highest BCUT2D eigenvalue weighted by molar-refractivity contribution is 8.74. The summed E-state index contributed by atoms with van der Waals surface area (Å²) in [4.78, 5) is 11.1. The Morgan fingerprint density at radius 3 is 2.73 bits per heavy atom. The third-order valence-electron chi connectivity index (χ3n) is 3.27. The molecule has 22 heavy (non-hydrogen) atoms. The molecule has 0 radical (unpaired) electrons. The summed E-state index contributed by atoms with van der Waals surface area (Å²) in [6.07, 6.45) is 1.89. The fourth-order valence-corrected chi connectivity index (χ4v) is 2.59. The number of rotatable bonds is 7. The highest BCUT2D eigenvalue weighted by Gasteiger charge is 2.31. The maximum absolute atomic E-state index is 13.6. The van der Waals surface area contributed by atoms with Crippen LogP contribution in [0.25, 0.3) is 0 Å². The number of nitrogens with one attached hydrogen (secondary N) is 1. The Morgan fingerprint density at radius 1 is 1.41 bits per heavy atom. The number of carbonyl (C=O) groups excluding carboxylic acids is 1. The molecular formula is C15H20FNO3S2. The van der Waals surface area contributed by atoms with Crippen LogP contribution in [-0.4, -0.2) is 29.9 Å². The van der Waals surface area contributed by atoms with Gasteiger partial charge in [0.15, 0.2) is 6.61 Å². The van der Waals surface area contributed by atoms with Crippen molar-refractivity contribution in [2.24, 2.45) is 0 Å². The molecule has 122 valence electrons. The van der Waals surface area contributed by atoms with Gasteiger partial charge in [0.1, 0.15) is 23.4 Å². The monoisotopic (exact) mass is 345 g/mol. The third-order valence-corrected chi connectivity index (χ3v) is 4.20. The van der Waals surface area contributed by atoms with E-state index >= 15 is 0 Å². The van der Waals surface area contributed by atoms with Gasteiger partial charge in [0.2, 0.25) is 5.12 Å². The van der Waals surface area contributed by atoms with Gasteiger partial charge in [-0.3, -0.25) is 4.79 Å². The maximum Gasteiger partial charge on any atom is 0.236 e. The highest BCUT2D eigenvalue weighted by atomic mass is 33.1. The number of benzene rings is 1. The van der Waals surface area contributed by atoms with Crippen molar-refractivity contribution < 1.29 is 18.7 Å². The Balaban J connectivity index is 1.86. The first-order valence-electron chi connectivity index (χ1n) is 7.16. The Labute approximate surface area is 138 Å². The Kier molecular flexibility index (Phi) is 6.40. The van der Waals surface area contributed by atoms with Crippen LogP contribution in [0.1, 0.15) is 26.7 Å². The van der Waals surface area contributed by atoms with E-state index in [1.807, 2.05) is 0 Å². The molecule has 0 atom stereocenters. The van der Waals surface area contributed by atoms with Crippen molar-refractivity contribution in [2.45, 2.75) is 44.9 Å². The molecule has 1 aliphatic carbocycles. The minimum atomic E-state index is -0.449. The van der Waals surface area contributed by atoms with Gasteiger partial charge in [0.05, 0.1) is 0 Å². The number of hydrogen-bond donors (Lipinski definition) is 2. The molecule has 0 bridgehead atoms. The van der Waals surface area contributed by atoms with Crippen molar-refractivity contribution in [1.82, 2.24) is 5.32 Å². The summed E-state index contributed by atoms with van der Waals surface area (Å²) in [5.74, 6) is 0.255. The molecule has 2 rings (SSSR count). The van der Waals surface area contributed by atoms with Crippen LogP contribution in [0.3, 0.4) is 0 Å². The molecule has 0 saturated heterocycles. The van der Waals surface area contributed by atoms with Crippen LogP contribution in [0, 0.1) is 5.82 Å². The fourth-order valence-electron chi connectivity index (χ4n) is 2.32. The Morgan fingerprint density at radius 2 is 2.09 bits per heavy atom. The van der Waals surface area contributed by atoms with Crippen LogP contribution in [0.15, 0.2) is 18.2 Å². The second-order valence-corrected chi connectivity index (χ2v) is 6.79. The molecule has 0 aliphatic heterocycles. The standard InChI is InChI=1S/C15H20FNO3S2/c1-9(2)17-11-5-14(6-11)20-13-4-10(16)3-12(7-13)19-8-15(18)22-21/h3-4,7,9,11,14,17,21H,5-6,8H2,1-2H3/t11-,14+. The summed E-state index contributed by atoms with van der Waals surface area (Å²) < 4.78 is 24.6. The lowest BCUT2D eigenvalue weighted by Crippen LogP contribution is -2.49. The zero-order valence-corrected chi connectivity index (χ0v) is 14.3. The minimum Gasteiger partial charge on any atom is -0.490 e. The van der Waals surface area contributed by atoms with Crippen LogP contribution in [0.2, 0.25) is 0 Å². The lowest BCUT2D eigenvalue weighted by molar-refractivity contribution is -0.112. The summed E-state index contributed by atoms with van der Waals surface area (Å²) in [7, 11) is 0.779. The fraction of sp³-hybridized carbons (Fsp3) is 0.533. The quantitative estimate of drug-likeness (QED) is 0.587. The zero-order valence-electron chi connectivity index (χ0n) is 12.5. The second kappa shape index (κ2) is 8.08.